The van der Waals surface area contributed by atoms with Crippen LogP contribution in [0.25, 0.3) is 0 Å². The van der Waals surface area contributed by atoms with Gasteiger partial charge in [-0.3, -0.25) is 10.1 Å². The number of amides is 4. The van der Waals surface area contributed by atoms with Crippen molar-refractivity contribution in [1.29, 1.82) is 0 Å². The minimum Gasteiger partial charge on any atom is -0.410 e. The van der Waals surface area contributed by atoms with Gasteiger partial charge in [-0.2, -0.15) is 0 Å². The Bertz CT molecular complexity index is 686. The molecule has 7 heteroatoms. The van der Waals surface area contributed by atoms with Crippen LogP contribution in [0.15, 0.2) is 54.6 Å². The first kappa shape index (κ1) is 15.5. The predicted molar refractivity (Wildman–Crippen MR) is 79.9 cm³/mol. The number of carbonyl (C=O) groups is 3. The molecule has 0 unspecified atom stereocenters. The third-order valence-electron chi connectivity index (χ3n) is 2.50. The van der Waals surface area contributed by atoms with E-state index in [0.717, 1.165) is 0 Å². The zero-order valence-electron chi connectivity index (χ0n) is 11.2. The van der Waals surface area contributed by atoms with Crippen molar-refractivity contribution >= 4 is 29.6 Å². The van der Waals surface area contributed by atoms with Crippen LogP contribution in [0, 0.1) is 0 Å². The quantitative estimate of drug-likeness (QED) is 0.891. The second-order valence-corrected chi connectivity index (χ2v) is 4.55. The molecule has 0 atom stereocenters. The molecule has 0 spiro atoms. The molecule has 0 bridgehead atoms. The molecule has 6 nitrogen and oxygen atoms in total. The van der Waals surface area contributed by atoms with Gasteiger partial charge >= 0.3 is 12.1 Å². The first-order chi connectivity index (χ1) is 10.5. The van der Waals surface area contributed by atoms with Crippen molar-refractivity contribution in [3.63, 3.8) is 0 Å². The van der Waals surface area contributed by atoms with E-state index in [2.05, 4.69) is 0 Å². The van der Waals surface area contributed by atoms with Gasteiger partial charge < -0.3 is 4.74 Å². The van der Waals surface area contributed by atoms with E-state index in [1.807, 2.05) is 10.6 Å². The molecule has 0 fully saturated rings. The molecule has 112 valence electrons. The number of benzene rings is 2. The maximum absolute atomic E-state index is 11.7. The lowest BCUT2D eigenvalue weighted by Crippen LogP contribution is -2.43. The van der Waals surface area contributed by atoms with Crippen molar-refractivity contribution in [1.82, 2.24) is 10.6 Å². The number of halogens is 1. The molecule has 0 heterocycles. The average molecular weight is 319 g/mol. The molecule has 2 N–H and O–H groups in total. The highest BCUT2D eigenvalue weighted by Crippen LogP contribution is 2.09. The summed E-state index contributed by atoms with van der Waals surface area (Å²) in [6.45, 7) is 0. The predicted octanol–water partition coefficient (Wildman–Crippen LogP) is 2.98. The maximum atomic E-state index is 11.7. The number of ether oxygens (including phenoxy) is 1. The first-order valence-electron chi connectivity index (χ1n) is 6.19. The van der Waals surface area contributed by atoms with Gasteiger partial charge in [-0.05, 0) is 36.4 Å². The van der Waals surface area contributed by atoms with Crippen LogP contribution in [0.5, 0.6) is 5.75 Å². The fraction of sp³-hybridized carbons (Fsp3) is 0. The van der Waals surface area contributed by atoms with Gasteiger partial charge in [0.25, 0.3) is 5.91 Å². The Morgan fingerprint density at radius 1 is 0.864 bits per heavy atom. The van der Waals surface area contributed by atoms with Crippen LogP contribution in [0.3, 0.4) is 0 Å². The van der Waals surface area contributed by atoms with Gasteiger partial charge in [0.05, 0.1) is 0 Å². The van der Waals surface area contributed by atoms with E-state index in [9.17, 15) is 14.4 Å². The summed E-state index contributed by atoms with van der Waals surface area (Å²) < 4.78 is 4.85. The normalized spacial score (nSPS) is 9.68. The van der Waals surface area contributed by atoms with Crippen LogP contribution in [-0.2, 0) is 0 Å². The van der Waals surface area contributed by atoms with E-state index in [1.54, 1.807) is 30.3 Å². The van der Waals surface area contributed by atoms with E-state index in [1.165, 1.54) is 24.3 Å². The Morgan fingerprint density at radius 3 is 2.14 bits per heavy atom. The Balaban J connectivity index is 1.86. The number of rotatable bonds is 2. The van der Waals surface area contributed by atoms with Crippen molar-refractivity contribution in [2.45, 2.75) is 0 Å². The Labute approximate surface area is 131 Å². The third-order valence-corrected chi connectivity index (χ3v) is 2.75. The molecule has 0 aliphatic heterocycles. The molecule has 0 saturated carbocycles. The minimum atomic E-state index is -0.993. The topological polar surface area (TPSA) is 84.5 Å². The fourth-order valence-electron chi connectivity index (χ4n) is 1.52. The van der Waals surface area contributed by atoms with Gasteiger partial charge in [0.2, 0.25) is 0 Å². The molecule has 0 saturated heterocycles. The lowest BCUT2D eigenvalue weighted by Gasteiger charge is -2.06. The molecule has 22 heavy (non-hydrogen) atoms. The Hall–Kier alpha value is -2.86. The number of carbonyl (C=O) groups excluding carboxylic acids is 3. The molecule has 4 amide bonds. The Morgan fingerprint density at radius 2 is 1.50 bits per heavy atom. The van der Waals surface area contributed by atoms with Crippen molar-refractivity contribution in [2.24, 2.45) is 0 Å². The fourth-order valence-corrected chi connectivity index (χ4v) is 1.65. The van der Waals surface area contributed by atoms with Gasteiger partial charge in [0.15, 0.2) is 0 Å². The van der Waals surface area contributed by atoms with Crippen LogP contribution in [0.2, 0.25) is 5.02 Å². The summed E-state index contributed by atoms with van der Waals surface area (Å²) in [6.07, 6.45) is -0.993. The van der Waals surface area contributed by atoms with E-state index in [-0.39, 0.29) is 11.3 Å². The first-order valence-corrected chi connectivity index (χ1v) is 6.57. The highest BCUT2D eigenvalue weighted by molar-refractivity contribution is 6.30. The Kier molecular flexibility index (Phi) is 5.11. The van der Waals surface area contributed by atoms with Gasteiger partial charge in [0, 0.05) is 10.6 Å². The molecule has 0 aliphatic carbocycles. The standard InChI is InChI=1S/C15H11ClN2O4/c16-11-8-6-10(7-9-11)13(19)17-14(20)18-15(21)22-12-4-2-1-3-5-12/h1-9H,(H2,17,18,19,20,21). The van der Waals surface area contributed by atoms with Crippen LogP contribution < -0.4 is 15.4 Å². The lowest BCUT2D eigenvalue weighted by molar-refractivity contribution is 0.0964. The smallest absolute Gasteiger partial charge is 0.410 e. The van der Waals surface area contributed by atoms with Crippen LogP contribution in [-0.4, -0.2) is 18.0 Å². The number of hydrogen-bond acceptors (Lipinski definition) is 4. The highest BCUT2D eigenvalue weighted by Gasteiger charge is 2.14. The maximum Gasteiger partial charge on any atom is 0.420 e. The van der Waals surface area contributed by atoms with Crippen molar-refractivity contribution in [3.8, 4) is 5.75 Å². The van der Waals surface area contributed by atoms with Crippen LogP contribution >= 0.6 is 11.6 Å². The summed E-state index contributed by atoms with van der Waals surface area (Å²) in [5, 5.41) is 4.35. The minimum absolute atomic E-state index is 0.232. The SMILES string of the molecule is O=C(NC(=O)Oc1ccccc1)NC(=O)c1ccc(Cl)cc1. The van der Waals surface area contributed by atoms with Crippen molar-refractivity contribution in [3.05, 3.63) is 65.2 Å². The lowest BCUT2D eigenvalue weighted by atomic mass is 10.2. The molecule has 2 aromatic carbocycles. The summed E-state index contributed by atoms with van der Waals surface area (Å²) in [5.41, 5.74) is 0.232. The van der Waals surface area contributed by atoms with E-state index in [4.69, 9.17) is 16.3 Å². The zero-order chi connectivity index (χ0) is 15.9. The number of para-hydroxylation sites is 1. The summed E-state index contributed by atoms with van der Waals surface area (Å²) in [4.78, 5) is 34.7. The summed E-state index contributed by atoms with van der Waals surface area (Å²) in [6, 6.07) is 13.1. The van der Waals surface area contributed by atoms with Gasteiger partial charge in [0.1, 0.15) is 5.75 Å². The largest absolute Gasteiger partial charge is 0.420 e. The van der Waals surface area contributed by atoms with E-state index in [0.29, 0.717) is 5.02 Å². The second-order valence-electron chi connectivity index (χ2n) is 4.12. The number of urea groups is 1. The molecule has 2 aromatic rings. The molecule has 0 radical (unpaired) electrons. The molecule has 0 aliphatic rings. The summed E-state index contributed by atoms with van der Waals surface area (Å²) in [5.74, 6) is -0.390. The van der Waals surface area contributed by atoms with Gasteiger partial charge in [-0.25, -0.2) is 14.9 Å². The second kappa shape index (κ2) is 7.24. The highest BCUT2D eigenvalue weighted by atomic mass is 35.5. The monoisotopic (exact) mass is 318 g/mol. The molecular formula is C15H11ClN2O4. The number of imide groups is 2. The molecule has 0 aromatic heterocycles. The van der Waals surface area contributed by atoms with E-state index >= 15 is 0 Å². The van der Waals surface area contributed by atoms with Crippen molar-refractivity contribution < 1.29 is 19.1 Å². The number of nitrogens with one attached hydrogen (secondary N) is 2. The number of hydrogen-bond donors (Lipinski definition) is 2. The van der Waals surface area contributed by atoms with Gasteiger partial charge in [-0.1, -0.05) is 29.8 Å². The third kappa shape index (κ3) is 4.60. The van der Waals surface area contributed by atoms with Gasteiger partial charge in [-0.15, -0.1) is 0 Å². The van der Waals surface area contributed by atoms with Crippen molar-refractivity contribution in [2.75, 3.05) is 0 Å². The summed E-state index contributed by atoms with van der Waals surface area (Å²) >= 11 is 5.70. The van der Waals surface area contributed by atoms with Crippen LogP contribution in [0.1, 0.15) is 10.4 Å². The molecule has 2 rings (SSSR count). The summed E-state index contributed by atoms with van der Waals surface area (Å²) in [7, 11) is 0. The molecular weight excluding hydrogens is 308 g/mol. The van der Waals surface area contributed by atoms with E-state index < -0.39 is 18.0 Å². The van der Waals surface area contributed by atoms with Crippen LogP contribution in [0.4, 0.5) is 9.59 Å². The average Bonchev–Trinajstić information content (AvgIpc) is 2.48. The zero-order valence-corrected chi connectivity index (χ0v) is 12.0.